The predicted molar refractivity (Wildman–Crippen MR) is 106 cm³/mol. The minimum Gasteiger partial charge on any atom is -0.484 e. The highest BCUT2D eigenvalue weighted by atomic mass is 16.5. The van der Waals surface area contributed by atoms with E-state index in [4.69, 9.17) is 14.0 Å². The van der Waals surface area contributed by atoms with E-state index in [1.807, 2.05) is 49.4 Å². The summed E-state index contributed by atoms with van der Waals surface area (Å²) in [6.45, 7) is 4.04. The van der Waals surface area contributed by atoms with Gasteiger partial charge in [-0.05, 0) is 37.5 Å². The monoisotopic (exact) mass is 379 g/mol. The van der Waals surface area contributed by atoms with Crippen molar-refractivity contribution in [2.75, 3.05) is 18.5 Å². The van der Waals surface area contributed by atoms with Gasteiger partial charge in [0, 0.05) is 19.1 Å². The van der Waals surface area contributed by atoms with Crippen molar-refractivity contribution in [1.82, 2.24) is 10.1 Å². The zero-order valence-corrected chi connectivity index (χ0v) is 16.0. The number of benzene rings is 2. The Morgan fingerprint density at radius 3 is 2.64 bits per heavy atom. The van der Waals surface area contributed by atoms with Crippen LogP contribution in [0.15, 0.2) is 59.1 Å². The first-order valence-electron chi connectivity index (χ1n) is 9.74. The lowest BCUT2D eigenvalue weighted by Crippen LogP contribution is -2.14. The molecule has 0 saturated carbocycles. The van der Waals surface area contributed by atoms with Crippen LogP contribution in [-0.4, -0.2) is 23.4 Å². The fourth-order valence-electron chi connectivity index (χ4n) is 3.32. The number of para-hydroxylation sites is 2. The molecule has 28 heavy (non-hydrogen) atoms. The van der Waals surface area contributed by atoms with Gasteiger partial charge in [0.1, 0.15) is 11.9 Å². The van der Waals surface area contributed by atoms with E-state index in [-0.39, 0.29) is 6.10 Å². The van der Waals surface area contributed by atoms with Crippen LogP contribution in [0.5, 0.6) is 5.75 Å². The van der Waals surface area contributed by atoms with Gasteiger partial charge in [0.05, 0.1) is 12.2 Å². The van der Waals surface area contributed by atoms with Gasteiger partial charge in [-0.1, -0.05) is 47.6 Å². The van der Waals surface area contributed by atoms with Gasteiger partial charge in [0.2, 0.25) is 5.89 Å². The Balaban J connectivity index is 1.39. The maximum Gasteiger partial charge on any atom is 0.229 e. The average Bonchev–Trinajstić information content (AvgIpc) is 3.23. The Bertz CT molecular complexity index is 875. The molecule has 1 aliphatic rings. The third-order valence-electron chi connectivity index (χ3n) is 4.95. The summed E-state index contributed by atoms with van der Waals surface area (Å²) in [7, 11) is 0. The first kappa shape index (κ1) is 18.5. The summed E-state index contributed by atoms with van der Waals surface area (Å²) in [5, 5.41) is 7.48. The van der Waals surface area contributed by atoms with Crippen LogP contribution in [0.1, 0.15) is 49.1 Å². The Hall–Kier alpha value is -2.86. The van der Waals surface area contributed by atoms with Crippen LogP contribution < -0.4 is 10.1 Å². The molecule has 1 aliphatic heterocycles. The summed E-state index contributed by atoms with van der Waals surface area (Å²) >= 11 is 0. The van der Waals surface area contributed by atoms with E-state index in [1.165, 1.54) is 0 Å². The Morgan fingerprint density at radius 2 is 1.82 bits per heavy atom. The number of nitrogens with zero attached hydrogens (tertiary/aromatic N) is 2. The van der Waals surface area contributed by atoms with E-state index >= 15 is 0 Å². The minimum atomic E-state index is -0.0468. The minimum absolute atomic E-state index is 0.0468. The lowest BCUT2D eigenvalue weighted by molar-refractivity contribution is 0.0778. The summed E-state index contributed by atoms with van der Waals surface area (Å²) < 4.78 is 17.0. The van der Waals surface area contributed by atoms with Crippen molar-refractivity contribution in [3.8, 4) is 5.75 Å². The van der Waals surface area contributed by atoms with E-state index in [1.54, 1.807) is 0 Å². The molecular formula is C22H25N3O3. The number of hydrogen-bond acceptors (Lipinski definition) is 6. The van der Waals surface area contributed by atoms with Crippen LogP contribution in [0.2, 0.25) is 0 Å². The highest BCUT2D eigenvalue weighted by molar-refractivity contribution is 5.56. The molecule has 0 spiro atoms. The largest absolute Gasteiger partial charge is 0.484 e. The van der Waals surface area contributed by atoms with Crippen LogP contribution in [0.25, 0.3) is 0 Å². The molecule has 0 aliphatic carbocycles. The van der Waals surface area contributed by atoms with Crippen molar-refractivity contribution in [3.63, 3.8) is 0 Å². The summed E-state index contributed by atoms with van der Waals surface area (Å²) in [5.41, 5.74) is 2.04. The Kier molecular flexibility index (Phi) is 5.87. The van der Waals surface area contributed by atoms with Crippen LogP contribution in [0, 0.1) is 0 Å². The fraction of sp³-hybridized carbons (Fsp3) is 0.364. The molecule has 1 atom stereocenters. The van der Waals surface area contributed by atoms with Crippen LogP contribution in [0.3, 0.4) is 0 Å². The first-order valence-corrected chi connectivity index (χ1v) is 9.74. The number of rotatable bonds is 7. The number of hydrogen-bond donors (Lipinski definition) is 1. The second-order valence-corrected chi connectivity index (χ2v) is 6.96. The molecular weight excluding hydrogens is 354 g/mol. The van der Waals surface area contributed by atoms with Gasteiger partial charge in [0.15, 0.2) is 5.82 Å². The molecule has 2 heterocycles. The van der Waals surface area contributed by atoms with Gasteiger partial charge in [0.25, 0.3) is 0 Å². The van der Waals surface area contributed by atoms with E-state index in [9.17, 15) is 0 Å². The van der Waals surface area contributed by atoms with Crippen LogP contribution >= 0.6 is 0 Å². The first-order chi connectivity index (χ1) is 13.8. The molecule has 0 amide bonds. The van der Waals surface area contributed by atoms with E-state index < -0.39 is 0 Å². The summed E-state index contributed by atoms with van der Waals surface area (Å²) in [6.07, 6.45) is 1.82. The van der Waals surface area contributed by atoms with E-state index in [2.05, 4.69) is 27.6 Å². The van der Waals surface area contributed by atoms with Crippen molar-refractivity contribution < 1.29 is 14.0 Å². The second-order valence-electron chi connectivity index (χ2n) is 6.96. The molecule has 1 aromatic heterocycles. The number of aromatic nitrogens is 2. The quantitative estimate of drug-likeness (QED) is 0.641. The van der Waals surface area contributed by atoms with Crippen molar-refractivity contribution in [2.45, 2.75) is 38.3 Å². The predicted octanol–water partition coefficient (Wildman–Crippen LogP) is 4.72. The zero-order valence-electron chi connectivity index (χ0n) is 16.0. The van der Waals surface area contributed by atoms with Gasteiger partial charge in [-0.15, -0.1) is 0 Å². The molecule has 4 rings (SSSR count). The number of nitrogens with one attached hydrogen (secondary N) is 1. The Labute approximate surface area is 164 Å². The zero-order chi connectivity index (χ0) is 19.2. The number of ether oxygens (including phenoxy) is 2. The van der Waals surface area contributed by atoms with Crippen molar-refractivity contribution >= 4 is 5.69 Å². The highest BCUT2D eigenvalue weighted by Crippen LogP contribution is 2.30. The molecule has 0 radical (unpaired) electrons. The molecule has 3 aromatic rings. The van der Waals surface area contributed by atoms with Crippen molar-refractivity contribution in [1.29, 1.82) is 0 Å². The van der Waals surface area contributed by atoms with Crippen molar-refractivity contribution in [2.24, 2.45) is 0 Å². The lowest BCUT2D eigenvalue weighted by Gasteiger charge is -2.18. The third kappa shape index (κ3) is 4.51. The summed E-state index contributed by atoms with van der Waals surface area (Å²) in [6, 6.07) is 18.1. The van der Waals surface area contributed by atoms with Gasteiger partial charge >= 0.3 is 0 Å². The van der Waals surface area contributed by atoms with Gasteiger partial charge < -0.3 is 19.3 Å². The second kappa shape index (κ2) is 8.89. The number of anilines is 1. The van der Waals surface area contributed by atoms with Gasteiger partial charge in [-0.25, -0.2) is 0 Å². The molecule has 1 N–H and O–H groups in total. The average molecular weight is 379 g/mol. The highest BCUT2D eigenvalue weighted by Gasteiger charge is 2.22. The topological polar surface area (TPSA) is 69.4 Å². The van der Waals surface area contributed by atoms with Gasteiger partial charge in [-0.3, -0.25) is 0 Å². The molecule has 1 unspecified atom stereocenters. The molecule has 146 valence electrons. The summed E-state index contributed by atoms with van der Waals surface area (Å²) in [4.78, 5) is 4.55. The van der Waals surface area contributed by atoms with Crippen molar-refractivity contribution in [3.05, 3.63) is 71.9 Å². The fourth-order valence-corrected chi connectivity index (χ4v) is 3.32. The van der Waals surface area contributed by atoms with E-state index in [0.29, 0.717) is 24.2 Å². The molecule has 6 nitrogen and oxygen atoms in total. The van der Waals surface area contributed by atoms with E-state index in [0.717, 1.165) is 43.1 Å². The molecule has 0 bridgehead atoms. The van der Waals surface area contributed by atoms with Gasteiger partial charge in [-0.2, -0.15) is 4.98 Å². The smallest absolute Gasteiger partial charge is 0.229 e. The Morgan fingerprint density at radius 1 is 1.07 bits per heavy atom. The van der Waals surface area contributed by atoms with Crippen LogP contribution in [0.4, 0.5) is 5.69 Å². The molecule has 2 aromatic carbocycles. The SMILES string of the molecule is CC(Oc1ccccc1NCc1noc(C2CCOCC2)n1)c1ccccc1. The maximum absolute atomic E-state index is 6.18. The molecule has 1 fully saturated rings. The standard InChI is InChI=1S/C22H25N3O3/c1-16(17-7-3-2-4-8-17)27-20-10-6-5-9-19(20)23-15-21-24-22(28-25-21)18-11-13-26-14-12-18/h2-10,16,18,23H,11-15H2,1H3. The molecule has 1 saturated heterocycles. The summed E-state index contributed by atoms with van der Waals surface area (Å²) in [5.74, 6) is 2.46. The molecule has 6 heteroatoms. The normalized spacial score (nSPS) is 15.9. The third-order valence-corrected chi connectivity index (χ3v) is 4.95. The van der Waals surface area contributed by atoms with Crippen LogP contribution in [-0.2, 0) is 11.3 Å². The maximum atomic E-state index is 6.18. The lowest BCUT2D eigenvalue weighted by atomic mass is 10.0.